The van der Waals surface area contributed by atoms with E-state index in [2.05, 4.69) is 10.6 Å². The van der Waals surface area contributed by atoms with Gasteiger partial charge in [-0.3, -0.25) is 19.2 Å². The molecule has 0 aliphatic carbocycles. The van der Waals surface area contributed by atoms with Crippen molar-refractivity contribution in [3.05, 3.63) is 23.8 Å². The number of esters is 1. The predicted octanol–water partition coefficient (Wildman–Crippen LogP) is 2.39. The molecule has 226 valence electrons. The molecule has 11 heteroatoms. The summed E-state index contributed by atoms with van der Waals surface area (Å²) >= 11 is 0. The van der Waals surface area contributed by atoms with E-state index >= 15 is 0 Å². The minimum Gasteiger partial charge on any atom is -0.455 e. The van der Waals surface area contributed by atoms with Crippen LogP contribution in [-0.4, -0.2) is 86.2 Å². The van der Waals surface area contributed by atoms with E-state index < -0.39 is 12.0 Å². The van der Waals surface area contributed by atoms with Gasteiger partial charge in [0.05, 0.1) is 18.4 Å². The van der Waals surface area contributed by atoms with Gasteiger partial charge in [0.1, 0.15) is 0 Å². The zero-order valence-electron chi connectivity index (χ0n) is 24.3. The minimum absolute atomic E-state index is 0.106. The normalized spacial score (nSPS) is 19.4. The van der Waals surface area contributed by atoms with Crippen LogP contribution in [0.3, 0.4) is 0 Å². The van der Waals surface area contributed by atoms with E-state index in [1.54, 1.807) is 23.1 Å². The first-order valence-corrected chi connectivity index (χ1v) is 15.0. The summed E-state index contributed by atoms with van der Waals surface area (Å²) in [6.07, 6.45) is 4.87. The lowest BCUT2D eigenvalue weighted by atomic mass is 9.92. The van der Waals surface area contributed by atoms with Crippen molar-refractivity contribution < 1.29 is 33.4 Å². The van der Waals surface area contributed by atoms with Crippen LogP contribution in [0.5, 0.6) is 11.5 Å². The van der Waals surface area contributed by atoms with Gasteiger partial charge in [-0.05, 0) is 82.7 Å². The van der Waals surface area contributed by atoms with Crippen LogP contribution in [0.15, 0.2) is 18.2 Å². The SMILES string of the molecule is CCN(CC)C(=O)COC(=O)C[C@H](NC(=O)[C@@H]1CCCN(C(=O)CCC2CCNCC2)C1)c1ccc2c(c1)OCO2. The molecule has 2 fully saturated rings. The quantitative estimate of drug-likeness (QED) is 0.366. The lowest BCUT2D eigenvalue weighted by Crippen LogP contribution is -2.46. The van der Waals surface area contributed by atoms with Gasteiger partial charge in [-0.1, -0.05) is 6.07 Å². The molecule has 3 amide bonds. The first kappa shape index (κ1) is 30.6. The Bertz CT molecular complexity index is 1070. The van der Waals surface area contributed by atoms with E-state index in [1.807, 2.05) is 18.7 Å². The van der Waals surface area contributed by atoms with Gasteiger partial charge in [0.25, 0.3) is 5.91 Å². The van der Waals surface area contributed by atoms with Crippen LogP contribution in [-0.2, 0) is 23.9 Å². The highest BCUT2D eigenvalue weighted by Gasteiger charge is 2.31. The van der Waals surface area contributed by atoms with E-state index in [0.717, 1.165) is 38.8 Å². The molecule has 2 atom stereocenters. The fraction of sp³-hybridized carbons (Fsp3) is 0.667. The third-order valence-corrected chi connectivity index (χ3v) is 8.33. The number of hydrogen-bond acceptors (Lipinski definition) is 8. The molecule has 0 radical (unpaired) electrons. The summed E-state index contributed by atoms with van der Waals surface area (Å²) in [6.45, 7) is 7.59. The second-order valence-corrected chi connectivity index (χ2v) is 11.0. The molecule has 3 heterocycles. The highest BCUT2D eigenvalue weighted by atomic mass is 16.7. The van der Waals surface area contributed by atoms with E-state index in [0.29, 0.717) is 62.0 Å². The second kappa shape index (κ2) is 15.0. The van der Waals surface area contributed by atoms with Crippen LogP contribution in [0.4, 0.5) is 0 Å². The largest absolute Gasteiger partial charge is 0.455 e. The molecule has 1 aromatic carbocycles. The maximum atomic E-state index is 13.5. The van der Waals surface area contributed by atoms with Gasteiger partial charge < -0.3 is 34.6 Å². The van der Waals surface area contributed by atoms with Gasteiger partial charge >= 0.3 is 5.97 Å². The number of benzene rings is 1. The number of hydrogen-bond donors (Lipinski definition) is 2. The number of fused-ring (bicyclic) bond motifs is 1. The molecule has 0 bridgehead atoms. The summed E-state index contributed by atoms with van der Waals surface area (Å²) in [5.74, 6) is 0.375. The van der Waals surface area contributed by atoms with E-state index in [9.17, 15) is 19.2 Å². The smallest absolute Gasteiger partial charge is 0.308 e. The van der Waals surface area contributed by atoms with E-state index in [-0.39, 0.29) is 43.5 Å². The van der Waals surface area contributed by atoms with Crippen molar-refractivity contribution >= 4 is 23.7 Å². The molecular weight excluding hydrogens is 528 g/mol. The Balaban J connectivity index is 1.37. The number of nitrogens with zero attached hydrogens (tertiary/aromatic N) is 2. The lowest BCUT2D eigenvalue weighted by Gasteiger charge is -2.33. The monoisotopic (exact) mass is 572 g/mol. The Hall–Kier alpha value is -3.34. The summed E-state index contributed by atoms with van der Waals surface area (Å²) < 4.78 is 16.2. The van der Waals surface area contributed by atoms with Crippen molar-refractivity contribution in [2.75, 3.05) is 52.7 Å². The fourth-order valence-electron chi connectivity index (χ4n) is 5.78. The molecular formula is C30H44N4O7. The third kappa shape index (κ3) is 8.58. The molecule has 0 aromatic heterocycles. The van der Waals surface area contributed by atoms with Crippen LogP contribution >= 0.6 is 0 Å². The number of ether oxygens (including phenoxy) is 3. The Kier molecular flexibility index (Phi) is 11.2. The van der Waals surface area contributed by atoms with Crippen LogP contribution in [0.2, 0.25) is 0 Å². The average Bonchev–Trinajstić information content (AvgIpc) is 3.48. The number of rotatable bonds is 12. The van der Waals surface area contributed by atoms with Crippen molar-refractivity contribution in [1.29, 1.82) is 0 Å². The number of likely N-dealkylation sites (N-methyl/N-ethyl adjacent to an activating group) is 1. The van der Waals surface area contributed by atoms with Crippen LogP contribution in [0.25, 0.3) is 0 Å². The highest BCUT2D eigenvalue weighted by Crippen LogP contribution is 2.35. The molecule has 0 saturated carbocycles. The zero-order valence-corrected chi connectivity index (χ0v) is 24.3. The number of likely N-dealkylation sites (tertiary alicyclic amines) is 1. The summed E-state index contributed by atoms with van der Waals surface area (Å²) in [5, 5.41) is 6.38. The standard InChI is InChI=1S/C30H44N4O7/c1-3-33(4-2)28(36)19-39-29(37)17-24(22-8-9-25-26(16-22)41-20-40-25)32-30(38)23-6-5-15-34(18-23)27(35)10-7-21-11-13-31-14-12-21/h8-9,16,21,23-24,31H,3-7,10-15,17-20H2,1-2H3,(H,32,38)/t23-,24+/m1/s1. The van der Waals surface area contributed by atoms with Crippen molar-refractivity contribution in [3.8, 4) is 11.5 Å². The Morgan fingerprint density at radius 3 is 2.61 bits per heavy atom. The molecule has 3 aliphatic rings. The highest BCUT2D eigenvalue weighted by molar-refractivity contribution is 5.83. The third-order valence-electron chi connectivity index (χ3n) is 8.33. The van der Waals surface area contributed by atoms with Crippen molar-refractivity contribution in [3.63, 3.8) is 0 Å². The first-order chi connectivity index (χ1) is 19.9. The number of carbonyl (C=O) groups excluding carboxylic acids is 4. The van der Waals surface area contributed by atoms with Gasteiger partial charge in [0, 0.05) is 32.6 Å². The molecule has 41 heavy (non-hydrogen) atoms. The van der Waals surface area contributed by atoms with Gasteiger partial charge in [0.15, 0.2) is 18.1 Å². The first-order valence-electron chi connectivity index (χ1n) is 15.0. The molecule has 11 nitrogen and oxygen atoms in total. The molecule has 3 aliphatic heterocycles. The zero-order chi connectivity index (χ0) is 29.2. The summed E-state index contributed by atoms with van der Waals surface area (Å²) in [6, 6.07) is 4.58. The number of carbonyl (C=O) groups is 4. The molecule has 1 aromatic rings. The van der Waals surface area contributed by atoms with Gasteiger partial charge in [-0.2, -0.15) is 0 Å². The lowest BCUT2D eigenvalue weighted by molar-refractivity contribution is -0.152. The molecule has 0 spiro atoms. The predicted molar refractivity (Wildman–Crippen MR) is 151 cm³/mol. The fourth-order valence-corrected chi connectivity index (χ4v) is 5.78. The van der Waals surface area contributed by atoms with Crippen molar-refractivity contribution in [1.82, 2.24) is 20.4 Å². The molecule has 4 rings (SSSR count). The van der Waals surface area contributed by atoms with E-state index in [4.69, 9.17) is 14.2 Å². The van der Waals surface area contributed by atoms with Crippen LogP contribution in [0, 0.1) is 11.8 Å². The van der Waals surface area contributed by atoms with Gasteiger partial charge in [-0.25, -0.2) is 0 Å². The van der Waals surface area contributed by atoms with E-state index in [1.165, 1.54) is 0 Å². The maximum absolute atomic E-state index is 13.5. The topological polar surface area (TPSA) is 127 Å². The summed E-state index contributed by atoms with van der Waals surface area (Å²) in [7, 11) is 0. The average molecular weight is 573 g/mol. The summed E-state index contributed by atoms with van der Waals surface area (Å²) in [5.41, 5.74) is 0.667. The van der Waals surface area contributed by atoms with Crippen LogP contribution in [0.1, 0.15) is 70.4 Å². The number of piperidine rings is 2. The number of amides is 3. The second-order valence-electron chi connectivity index (χ2n) is 11.0. The Morgan fingerprint density at radius 1 is 1.10 bits per heavy atom. The molecule has 0 unspecified atom stereocenters. The summed E-state index contributed by atoms with van der Waals surface area (Å²) in [4.78, 5) is 55.0. The maximum Gasteiger partial charge on any atom is 0.308 e. The van der Waals surface area contributed by atoms with Crippen molar-refractivity contribution in [2.24, 2.45) is 11.8 Å². The van der Waals surface area contributed by atoms with Crippen molar-refractivity contribution in [2.45, 2.75) is 64.8 Å². The van der Waals surface area contributed by atoms with Gasteiger partial charge in [0.2, 0.25) is 18.6 Å². The Morgan fingerprint density at radius 2 is 1.85 bits per heavy atom. The molecule has 2 N–H and O–H groups in total. The Labute approximate surface area is 242 Å². The minimum atomic E-state index is -0.695. The number of nitrogens with one attached hydrogen (secondary N) is 2. The van der Waals surface area contributed by atoms with Gasteiger partial charge in [-0.15, -0.1) is 0 Å². The van der Waals surface area contributed by atoms with Crippen LogP contribution < -0.4 is 20.1 Å². The molecule has 2 saturated heterocycles.